The normalized spacial score (nSPS) is 35.8. The molecular formula is C16H30N2O2. The van der Waals surface area contributed by atoms with Crippen molar-refractivity contribution in [3.05, 3.63) is 0 Å². The highest BCUT2D eigenvalue weighted by molar-refractivity contribution is 5.78. The summed E-state index contributed by atoms with van der Waals surface area (Å²) in [6.45, 7) is 7.92. The Balaban J connectivity index is 1.69. The van der Waals surface area contributed by atoms with E-state index in [9.17, 15) is 4.79 Å². The van der Waals surface area contributed by atoms with E-state index in [1.54, 1.807) is 0 Å². The number of ether oxygens (including phenoxy) is 1. The third kappa shape index (κ3) is 4.19. The van der Waals surface area contributed by atoms with E-state index >= 15 is 0 Å². The van der Waals surface area contributed by atoms with Crippen LogP contribution in [0.25, 0.3) is 0 Å². The van der Waals surface area contributed by atoms with Crippen molar-refractivity contribution in [1.29, 1.82) is 0 Å². The molecule has 1 aliphatic carbocycles. The maximum absolute atomic E-state index is 12.1. The summed E-state index contributed by atoms with van der Waals surface area (Å²) in [4.78, 5) is 12.1. The molecule has 0 aromatic carbocycles. The van der Waals surface area contributed by atoms with Gasteiger partial charge in [-0.1, -0.05) is 26.7 Å². The van der Waals surface area contributed by atoms with E-state index in [1.165, 1.54) is 12.8 Å². The van der Waals surface area contributed by atoms with Crippen molar-refractivity contribution in [1.82, 2.24) is 10.6 Å². The van der Waals surface area contributed by atoms with Gasteiger partial charge >= 0.3 is 0 Å². The molecule has 0 radical (unpaired) electrons. The molecule has 1 saturated heterocycles. The largest absolute Gasteiger partial charge is 0.377 e. The number of hydrogen-bond acceptors (Lipinski definition) is 3. The summed E-state index contributed by atoms with van der Waals surface area (Å²) in [6, 6.07) is 0.608. The molecule has 2 rings (SSSR count). The van der Waals surface area contributed by atoms with Gasteiger partial charge in [0.15, 0.2) is 0 Å². The van der Waals surface area contributed by atoms with E-state index in [-0.39, 0.29) is 18.1 Å². The Kier molecular flexibility index (Phi) is 5.85. The van der Waals surface area contributed by atoms with Crippen LogP contribution in [0.15, 0.2) is 0 Å². The van der Waals surface area contributed by atoms with E-state index in [0.717, 1.165) is 25.9 Å². The van der Waals surface area contributed by atoms with Crippen LogP contribution in [-0.2, 0) is 9.53 Å². The summed E-state index contributed by atoms with van der Waals surface area (Å²) in [5.41, 5.74) is 0. The molecule has 2 aliphatic rings. The van der Waals surface area contributed by atoms with Crippen molar-refractivity contribution in [3.8, 4) is 0 Å². The second-order valence-electron chi connectivity index (χ2n) is 6.66. The van der Waals surface area contributed by atoms with Crippen LogP contribution in [0.3, 0.4) is 0 Å². The summed E-state index contributed by atoms with van der Waals surface area (Å²) < 4.78 is 5.63. The predicted molar refractivity (Wildman–Crippen MR) is 80.5 cm³/mol. The summed E-state index contributed by atoms with van der Waals surface area (Å²) in [6.07, 6.45) is 6.17. The quantitative estimate of drug-likeness (QED) is 0.812. The maximum atomic E-state index is 12.1. The van der Waals surface area contributed by atoms with Gasteiger partial charge in [0.05, 0.1) is 12.6 Å². The predicted octanol–water partition coefficient (Wildman–Crippen LogP) is 2.08. The molecule has 20 heavy (non-hydrogen) atoms. The molecule has 116 valence electrons. The number of amides is 1. The number of nitrogens with one attached hydrogen (secondary N) is 2. The number of carbonyl (C=O) groups is 1. The summed E-state index contributed by atoms with van der Waals surface area (Å²) in [5.74, 6) is 1.43. The zero-order valence-electron chi connectivity index (χ0n) is 13.2. The SMILES string of the molecule is CC1CCCC(NC(=O)CNC(C)C2CCCO2)C1C. The van der Waals surface area contributed by atoms with Gasteiger partial charge in [0, 0.05) is 18.7 Å². The Morgan fingerprint density at radius 1 is 1.25 bits per heavy atom. The van der Waals surface area contributed by atoms with Crippen molar-refractivity contribution in [2.45, 2.75) is 71.1 Å². The molecule has 0 aromatic rings. The first kappa shape index (κ1) is 15.8. The highest BCUT2D eigenvalue weighted by atomic mass is 16.5. The molecule has 5 atom stereocenters. The number of rotatable bonds is 5. The monoisotopic (exact) mass is 282 g/mol. The lowest BCUT2D eigenvalue weighted by Gasteiger charge is -2.34. The Morgan fingerprint density at radius 3 is 2.75 bits per heavy atom. The zero-order chi connectivity index (χ0) is 14.5. The molecule has 1 aliphatic heterocycles. The van der Waals surface area contributed by atoms with Gasteiger partial charge in [-0.2, -0.15) is 0 Å². The van der Waals surface area contributed by atoms with Gasteiger partial charge in [-0.05, 0) is 38.0 Å². The Bertz CT molecular complexity index is 316. The maximum Gasteiger partial charge on any atom is 0.234 e. The second-order valence-corrected chi connectivity index (χ2v) is 6.66. The van der Waals surface area contributed by atoms with Crippen LogP contribution < -0.4 is 10.6 Å². The highest BCUT2D eigenvalue weighted by Crippen LogP contribution is 2.29. The van der Waals surface area contributed by atoms with Crippen LogP contribution in [0.5, 0.6) is 0 Å². The Hall–Kier alpha value is -0.610. The minimum atomic E-state index is 0.126. The third-order valence-electron chi connectivity index (χ3n) is 5.16. The van der Waals surface area contributed by atoms with E-state index in [1.807, 2.05) is 0 Å². The molecule has 4 nitrogen and oxygen atoms in total. The first-order valence-electron chi connectivity index (χ1n) is 8.22. The number of carbonyl (C=O) groups excluding carboxylic acids is 1. The number of hydrogen-bond donors (Lipinski definition) is 2. The van der Waals surface area contributed by atoms with Gasteiger partial charge in [-0.3, -0.25) is 4.79 Å². The average Bonchev–Trinajstić information content (AvgIpc) is 2.95. The average molecular weight is 282 g/mol. The first-order chi connectivity index (χ1) is 9.58. The van der Waals surface area contributed by atoms with Crippen LogP contribution >= 0.6 is 0 Å². The van der Waals surface area contributed by atoms with Crippen molar-refractivity contribution < 1.29 is 9.53 Å². The van der Waals surface area contributed by atoms with Crippen LogP contribution in [0.2, 0.25) is 0 Å². The summed E-state index contributed by atoms with van der Waals surface area (Å²) in [7, 11) is 0. The van der Waals surface area contributed by atoms with Crippen LogP contribution in [-0.4, -0.2) is 37.2 Å². The molecule has 4 heteroatoms. The smallest absolute Gasteiger partial charge is 0.234 e. The topological polar surface area (TPSA) is 50.4 Å². The molecular weight excluding hydrogens is 252 g/mol. The van der Waals surface area contributed by atoms with Crippen LogP contribution in [0.4, 0.5) is 0 Å². The van der Waals surface area contributed by atoms with Gasteiger partial charge in [0.2, 0.25) is 5.91 Å². The summed E-state index contributed by atoms with van der Waals surface area (Å²) >= 11 is 0. The molecule has 5 unspecified atom stereocenters. The second kappa shape index (κ2) is 7.41. The molecule has 2 fully saturated rings. The Labute approximate surface area is 123 Å². The van der Waals surface area contributed by atoms with Crippen molar-refractivity contribution >= 4 is 5.91 Å². The van der Waals surface area contributed by atoms with Gasteiger partial charge in [-0.15, -0.1) is 0 Å². The molecule has 1 amide bonds. The summed E-state index contributed by atoms with van der Waals surface area (Å²) in [5, 5.41) is 6.51. The van der Waals surface area contributed by atoms with Crippen molar-refractivity contribution in [2.75, 3.05) is 13.2 Å². The lowest BCUT2D eigenvalue weighted by Crippen LogP contribution is -2.49. The fraction of sp³-hybridized carbons (Fsp3) is 0.938. The minimum absolute atomic E-state index is 0.126. The molecule has 0 aromatic heterocycles. The fourth-order valence-corrected chi connectivity index (χ4v) is 3.43. The lowest BCUT2D eigenvalue weighted by molar-refractivity contribution is -0.121. The third-order valence-corrected chi connectivity index (χ3v) is 5.16. The van der Waals surface area contributed by atoms with Gasteiger partial charge in [0.25, 0.3) is 0 Å². The van der Waals surface area contributed by atoms with E-state index in [2.05, 4.69) is 31.4 Å². The van der Waals surface area contributed by atoms with Gasteiger partial charge < -0.3 is 15.4 Å². The molecule has 2 N–H and O–H groups in total. The highest BCUT2D eigenvalue weighted by Gasteiger charge is 2.28. The first-order valence-corrected chi connectivity index (χ1v) is 8.22. The van der Waals surface area contributed by atoms with Crippen LogP contribution in [0, 0.1) is 11.8 Å². The van der Waals surface area contributed by atoms with Crippen LogP contribution in [0.1, 0.15) is 52.9 Å². The van der Waals surface area contributed by atoms with Gasteiger partial charge in [-0.25, -0.2) is 0 Å². The fourth-order valence-electron chi connectivity index (χ4n) is 3.43. The van der Waals surface area contributed by atoms with Crippen molar-refractivity contribution in [3.63, 3.8) is 0 Å². The minimum Gasteiger partial charge on any atom is -0.377 e. The molecule has 0 spiro atoms. The van der Waals surface area contributed by atoms with Gasteiger partial charge in [0.1, 0.15) is 0 Å². The van der Waals surface area contributed by atoms with Crippen molar-refractivity contribution in [2.24, 2.45) is 11.8 Å². The van der Waals surface area contributed by atoms with E-state index in [0.29, 0.717) is 24.4 Å². The molecule has 1 heterocycles. The Morgan fingerprint density at radius 2 is 2.05 bits per heavy atom. The lowest BCUT2D eigenvalue weighted by atomic mass is 9.78. The standard InChI is InChI=1S/C16H30N2O2/c1-11-6-4-7-14(12(11)2)18-16(19)10-17-13(3)15-8-5-9-20-15/h11-15,17H,4-10H2,1-3H3,(H,18,19). The van der Waals surface area contributed by atoms with E-state index < -0.39 is 0 Å². The molecule has 1 saturated carbocycles. The van der Waals surface area contributed by atoms with E-state index in [4.69, 9.17) is 4.74 Å². The zero-order valence-corrected chi connectivity index (χ0v) is 13.2. The molecule has 0 bridgehead atoms.